The van der Waals surface area contributed by atoms with Crippen molar-refractivity contribution in [2.45, 2.75) is 32.2 Å². The number of aliphatic hydroxyl groups excluding tert-OH is 1. The van der Waals surface area contributed by atoms with Crippen LogP contribution in [0.4, 0.5) is 0 Å². The Balaban J connectivity index is 2.44. The van der Waals surface area contributed by atoms with Gasteiger partial charge in [0.1, 0.15) is 5.82 Å². The van der Waals surface area contributed by atoms with Crippen LogP contribution in [0, 0.1) is 0 Å². The van der Waals surface area contributed by atoms with E-state index in [2.05, 4.69) is 4.98 Å². The second kappa shape index (κ2) is 4.02. The minimum Gasteiger partial charge on any atom is -0.476 e. The fourth-order valence-corrected chi connectivity index (χ4v) is 2.08. The number of aliphatic hydroxyl groups is 1. The number of fused-ring (bicyclic) bond motifs is 1. The first-order chi connectivity index (χ1) is 7.24. The first kappa shape index (κ1) is 10.2. The van der Waals surface area contributed by atoms with Crippen LogP contribution in [0.3, 0.4) is 0 Å². The van der Waals surface area contributed by atoms with Crippen LogP contribution < -0.4 is 0 Å². The van der Waals surface area contributed by atoms with Crippen LogP contribution in [0.1, 0.15) is 34.8 Å². The number of hydrogen-bond acceptors (Lipinski definition) is 3. The standard InChI is InChI=1S/C10H14N2O3/c13-6-4-8-11-9(10(14)15)7-3-1-2-5-12(7)8/h13H,1-6H2,(H,14,15). The van der Waals surface area contributed by atoms with E-state index in [1.807, 2.05) is 4.57 Å². The van der Waals surface area contributed by atoms with E-state index in [4.69, 9.17) is 10.2 Å². The lowest BCUT2D eigenvalue weighted by Gasteiger charge is -2.16. The summed E-state index contributed by atoms with van der Waals surface area (Å²) >= 11 is 0. The minimum atomic E-state index is -0.968. The van der Waals surface area contributed by atoms with E-state index >= 15 is 0 Å². The monoisotopic (exact) mass is 210 g/mol. The highest BCUT2D eigenvalue weighted by atomic mass is 16.4. The third kappa shape index (κ3) is 1.74. The zero-order chi connectivity index (χ0) is 10.8. The molecule has 0 fully saturated rings. The van der Waals surface area contributed by atoms with Crippen LogP contribution in [0.15, 0.2) is 0 Å². The predicted octanol–water partition coefficient (Wildman–Crippen LogP) is 0.452. The molecule has 82 valence electrons. The smallest absolute Gasteiger partial charge is 0.356 e. The van der Waals surface area contributed by atoms with Crippen LogP contribution in [-0.4, -0.2) is 32.3 Å². The van der Waals surface area contributed by atoms with Crippen LogP contribution in [0.2, 0.25) is 0 Å². The van der Waals surface area contributed by atoms with Crippen LogP contribution in [0.25, 0.3) is 0 Å². The molecule has 1 aliphatic heterocycles. The van der Waals surface area contributed by atoms with Gasteiger partial charge in [-0.15, -0.1) is 0 Å². The number of hydrogen-bond donors (Lipinski definition) is 2. The topological polar surface area (TPSA) is 75.3 Å². The van der Waals surface area contributed by atoms with Crippen LogP contribution >= 0.6 is 0 Å². The van der Waals surface area contributed by atoms with Crippen molar-refractivity contribution in [2.24, 2.45) is 0 Å². The van der Waals surface area contributed by atoms with E-state index in [-0.39, 0.29) is 12.3 Å². The highest BCUT2D eigenvalue weighted by molar-refractivity contribution is 5.86. The molecule has 0 spiro atoms. The Morgan fingerprint density at radius 3 is 2.93 bits per heavy atom. The molecule has 2 N–H and O–H groups in total. The summed E-state index contributed by atoms with van der Waals surface area (Å²) in [7, 11) is 0. The molecular formula is C10H14N2O3. The fraction of sp³-hybridized carbons (Fsp3) is 0.600. The van der Waals surface area contributed by atoms with Gasteiger partial charge < -0.3 is 14.8 Å². The van der Waals surface area contributed by atoms with E-state index in [1.54, 1.807) is 0 Å². The molecule has 5 heteroatoms. The van der Waals surface area contributed by atoms with Crippen molar-refractivity contribution in [1.82, 2.24) is 9.55 Å². The average Bonchev–Trinajstić information content (AvgIpc) is 2.59. The van der Waals surface area contributed by atoms with E-state index < -0.39 is 5.97 Å². The largest absolute Gasteiger partial charge is 0.476 e. The van der Waals surface area contributed by atoms with Gasteiger partial charge in [-0.1, -0.05) is 0 Å². The van der Waals surface area contributed by atoms with E-state index in [0.29, 0.717) is 12.2 Å². The molecular weight excluding hydrogens is 196 g/mol. The second-order valence-corrected chi connectivity index (χ2v) is 3.71. The maximum atomic E-state index is 11.0. The van der Waals surface area contributed by atoms with Gasteiger partial charge in [0.2, 0.25) is 0 Å². The van der Waals surface area contributed by atoms with Gasteiger partial charge >= 0.3 is 5.97 Å². The lowest BCUT2D eigenvalue weighted by Crippen LogP contribution is -2.15. The Morgan fingerprint density at radius 2 is 2.27 bits per heavy atom. The molecule has 1 aliphatic rings. The summed E-state index contributed by atoms with van der Waals surface area (Å²) in [6, 6.07) is 0. The minimum absolute atomic E-state index is 0.00944. The molecule has 0 saturated heterocycles. The van der Waals surface area contributed by atoms with Crippen molar-refractivity contribution in [3.05, 3.63) is 17.2 Å². The molecule has 0 aromatic carbocycles. The van der Waals surface area contributed by atoms with Crippen molar-refractivity contribution in [2.75, 3.05) is 6.61 Å². The van der Waals surface area contributed by atoms with Crippen LogP contribution in [-0.2, 0) is 19.4 Å². The second-order valence-electron chi connectivity index (χ2n) is 3.71. The van der Waals surface area contributed by atoms with Crippen LogP contribution in [0.5, 0.6) is 0 Å². The number of rotatable bonds is 3. The van der Waals surface area contributed by atoms with Gasteiger partial charge in [0, 0.05) is 13.0 Å². The number of nitrogens with zero attached hydrogens (tertiary/aromatic N) is 2. The molecule has 1 aromatic rings. The Morgan fingerprint density at radius 1 is 1.47 bits per heavy atom. The molecule has 0 atom stereocenters. The maximum absolute atomic E-state index is 11.0. The van der Waals surface area contributed by atoms with Gasteiger partial charge in [-0.3, -0.25) is 0 Å². The maximum Gasteiger partial charge on any atom is 0.356 e. The Hall–Kier alpha value is -1.36. The highest BCUT2D eigenvalue weighted by Crippen LogP contribution is 2.21. The van der Waals surface area contributed by atoms with Gasteiger partial charge in [0.25, 0.3) is 0 Å². The van der Waals surface area contributed by atoms with Gasteiger partial charge in [-0.05, 0) is 19.3 Å². The third-order valence-corrected chi connectivity index (χ3v) is 2.73. The van der Waals surface area contributed by atoms with Gasteiger partial charge in [0.05, 0.1) is 12.3 Å². The van der Waals surface area contributed by atoms with Gasteiger partial charge in [0.15, 0.2) is 5.69 Å². The van der Waals surface area contributed by atoms with Gasteiger partial charge in [-0.25, -0.2) is 9.78 Å². The molecule has 0 amide bonds. The number of aromatic nitrogens is 2. The summed E-state index contributed by atoms with van der Waals surface area (Å²) in [5, 5.41) is 17.9. The molecule has 0 radical (unpaired) electrons. The van der Waals surface area contributed by atoms with Crippen molar-refractivity contribution in [1.29, 1.82) is 0 Å². The summed E-state index contributed by atoms with van der Waals surface area (Å²) < 4.78 is 1.95. The lowest BCUT2D eigenvalue weighted by atomic mass is 10.1. The molecule has 0 bridgehead atoms. The summed E-state index contributed by atoms with van der Waals surface area (Å²) in [4.78, 5) is 15.0. The number of carboxylic acid groups (broad SMARTS) is 1. The zero-order valence-electron chi connectivity index (χ0n) is 8.44. The number of imidazole rings is 1. The van der Waals surface area contributed by atoms with Gasteiger partial charge in [-0.2, -0.15) is 0 Å². The fourth-order valence-electron chi connectivity index (χ4n) is 2.08. The molecule has 2 rings (SSSR count). The van der Waals surface area contributed by atoms with E-state index in [9.17, 15) is 4.79 Å². The molecule has 15 heavy (non-hydrogen) atoms. The summed E-state index contributed by atoms with van der Waals surface area (Å²) in [5.41, 5.74) is 0.982. The highest BCUT2D eigenvalue weighted by Gasteiger charge is 2.23. The first-order valence-electron chi connectivity index (χ1n) is 5.16. The SMILES string of the molecule is O=C(O)c1nc(CCO)n2c1CCCC2. The zero-order valence-corrected chi connectivity index (χ0v) is 8.44. The predicted molar refractivity (Wildman–Crippen MR) is 52.9 cm³/mol. The number of carboxylic acids is 1. The van der Waals surface area contributed by atoms with Crippen molar-refractivity contribution in [3.8, 4) is 0 Å². The molecule has 0 unspecified atom stereocenters. The Kier molecular flexibility index (Phi) is 2.73. The molecule has 0 saturated carbocycles. The van der Waals surface area contributed by atoms with Crippen molar-refractivity contribution >= 4 is 5.97 Å². The summed E-state index contributed by atoms with van der Waals surface area (Å²) in [5.74, 6) is -0.269. The molecule has 1 aromatic heterocycles. The molecule has 5 nitrogen and oxygen atoms in total. The van der Waals surface area contributed by atoms with E-state index in [1.165, 1.54) is 0 Å². The summed E-state index contributed by atoms with van der Waals surface area (Å²) in [6.07, 6.45) is 3.28. The van der Waals surface area contributed by atoms with E-state index in [0.717, 1.165) is 31.5 Å². The Labute approximate surface area is 87.4 Å². The molecule has 2 heterocycles. The van der Waals surface area contributed by atoms with Crippen molar-refractivity contribution in [3.63, 3.8) is 0 Å². The quantitative estimate of drug-likeness (QED) is 0.759. The first-order valence-corrected chi connectivity index (χ1v) is 5.16. The molecule has 0 aliphatic carbocycles. The third-order valence-electron chi connectivity index (χ3n) is 2.73. The average molecular weight is 210 g/mol. The summed E-state index contributed by atoms with van der Waals surface area (Å²) in [6.45, 7) is 0.834. The number of carbonyl (C=O) groups is 1. The number of aromatic carboxylic acids is 1. The van der Waals surface area contributed by atoms with Crippen molar-refractivity contribution < 1.29 is 15.0 Å². The Bertz CT molecular complexity index is 384. The normalized spacial score (nSPS) is 15.0. The lowest BCUT2D eigenvalue weighted by molar-refractivity contribution is 0.0689.